The van der Waals surface area contributed by atoms with Crippen LogP contribution >= 0.6 is 0 Å². The zero-order chi connectivity index (χ0) is 24.9. The third-order valence-electron chi connectivity index (χ3n) is 7.16. The Hall–Kier alpha value is -4.53. The standard InChI is InChI=1S/C27H25N7O2/c1-2-21(35)34-16-27(10-11-27)15-19(34)25-32-22(23-24(28)30-13-14-33(23)25)17-6-8-18(9-7-17)26(36)31-20-5-3-4-12-29-20/h2-9,12-14,19H,1,10-11,15-16H2,(H2,28,30)(H,29,31,36)/t19-/m0/s1. The molecule has 1 spiro atoms. The molecule has 0 unspecified atom stereocenters. The van der Waals surface area contributed by atoms with E-state index >= 15 is 0 Å². The third kappa shape index (κ3) is 3.69. The number of nitrogens with two attached hydrogens (primary N) is 1. The van der Waals surface area contributed by atoms with Crippen LogP contribution in [0.1, 0.15) is 41.5 Å². The van der Waals surface area contributed by atoms with E-state index in [-0.39, 0.29) is 23.3 Å². The largest absolute Gasteiger partial charge is 0.382 e. The van der Waals surface area contributed by atoms with Crippen molar-refractivity contribution in [1.29, 1.82) is 0 Å². The molecule has 9 heteroatoms. The summed E-state index contributed by atoms with van der Waals surface area (Å²) in [5, 5.41) is 2.79. The van der Waals surface area contributed by atoms with Gasteiger partial charge in [0, 0.05) is 36.3 Å². The van der Waals surface area contributed by atoms with E-state index in [4.69, 9.17) is 10.7 Å². The number of anilines is 2. The van der Waals surface area contributed by atoms with Crippen LogP contribution in [0, 0.1) is 5.41 Å². The maximum absolute atomic E-state index is 12.7. The number of nitrogen functional groups attached to an aromatic ring is 1. The number of aromatic nitrogens is 4. The van der Waals surface area contributed by atoms with Gasteiger partial charge in [0.25, 0.3) is 5.91 Å². The van der Waals surface area contributed by atoms with Crippen LogP contribution in [0.5, 0.6) is 0 Å². The summed E-state index contributed by atoms with van der Waals surface area (Å²) in [6.45, 7) is 4.41. The zero-order valence-corrected chi connectivity index (χ0v) is 19.6. The maximum atomic E-state index is 12.7. The normalized spacial score (nSPS) is 17.9. The SMILES string of the molecule is C=CC(=O)N1CC2(CC2)C[C@H]1c1nc(-c2ccc(C(=O)Nc3ccccn3)cc2)c2c(N)nccn12. The van der Waals surface area contributed by atoms with Crippen molar-refractivity contribution >= 4 is 29.0 Å². The fourth-order valence-electron chi connectivity index (χ4n) is 5.10. The van der Waals surface area contributed by atoms with Gasteiger partial charge in [0.1, 0.15) is 28.7 Å². The van der Waals surface area contributed by atoms with Crippen LogP contribution in [-0.2, 0) is 4.79 Å². The first-order valence-corrected chi connectivity index (χ1v) is 11.9. The van der Waals surface area contributed by atoms with Crippen LogP contribution in [0.25, 0.3) is 16.8 Å². The van der Waals surface area contributed by atoms with E-state index in [0.717, 1.165) is 30.7 Å². The van der Waals surface area contributed by atoms with Crippen LogP contribution in [0.15, 0.2) is 73.7 Å². The first-order valence-electron chi connectivity index (χ1n) is 11.9. The number of pyridine rings is 1. The van der Waals surface area contributed by atoms with E-state index in [1.165, 1.54) is 6.08 Å². The molecule has 1 atom stereocenters. The average Bonchev–Trinajstić information content (AvgIpc) is 3.38. The minimum atomic E-state index is -0.254. The summed E-state index contributed by atoms with van der Waals surface area (Å²) in [6.07, 6.45) is 9.57. The molecule has 180 valence electrons. The van der Waals surface area contributed by atoms with Crippen molar-refractivity contribution in [3.63, 3.8) is 0 Å². The number of fused-ring (bicyclic) bond motifs is 1. The Morgan fingerprint density at radius 3 is 2.61 bits per heavy atom. The molecule has 3 aromatic heterocycles. The minimum Gasteiger partial charge on any atom is -0.382 e. The number of likely N-dealkylation sites (tertiary alicyclic amines) is 1. The fourth-order valence-corrected chi connectivity index (χ4v) is 5.10. The second-order valence-electron chi connectivity index (χ2n) is 9.49. The Balaban J connectivity index is 1.37. The predicted octanol–water partition coefficient (Wildman–Crippen LogP) is 3.87. The van der Waals surface area contributed by atoms with Gasteiger partial charge in [-0.15, -0.1) is 0 Å². The van der Waals surface area contributed by atoms with Crippen molar-refractivity contribution < 1.29 is 9.59 Å². The molecule has 0 radical (unpaired) electrons. The lowest BCUT2D eigenvalue weighted by Gasteiger charge is -2.22. The minimum absolute atomic E-state index is 0.0904. The van der Waals surface area contributed by atoms with E-state index in [1.807, 2.05) is 33.7 Å². The average molecular weight is 480 g/mol. The van der Waals surface area contributed by atoms with Crippen LogP contribution in [0.4, 0.5) is 11.6 Å². The highest BCUT2D eigenvalue weighted by molar-refractivity contribution is 6.04. The van der Waals surface area contributed by atoms with Crippen LogP contribution in [-0.4, -0.2) is 42.6 Å². The van der Waals surface area contributed by atoms with Gasteiger partial charge in [0.2, 0.25) is 5.91 Å². The highest BCUT2D eigenvalue weighted by Gasteiger charge is 2.54. The number of carbonyl (C=O) groups excluding carboxylic acids is 2. The highest BCUT2D eigenvalue weighted by atomic mass is 16.2. The van der Waals surface area contributed by atoms with Crippen molar-refractivity contribution in [2.24, 2.45) is 5.41 Å². The van der Waals surface area contributed by atoms with Gasteiger partial charge in [-0.2, -0.15) is 0 Å². The number of imidazole rings is 1. The Morgan fingerprint density at radius 1 is 1.11 bits per heavy atom. The predicted molar refractivity (Wildman–Crippen MR) is 136 cm³/mol. The summed E-state index contributed by atoms with van der Waals surface area (Å²) in [5.74, 6) is 1.25. The maximum Gasteiger partial charge on any atom is 0.256 e. The summed E-state index contributed by atoms with van der Waals surface area (Å²) in [4.78, 5) is 40.7. The topological polar surface area (TPSA) is 119 Å². The fraction of sp³-hybridized carbons (Fsp3) is 0.222. The molecule has 2 fully saturated rings. The van der Waals surface area contributed by atoms with Gasteiger partial charge in [0.05, 0.1) is 6.04 Å². The van der Waals surface area contributed by atoms with E-state index < -0.39 is 0 Å². The molecule has 1 aliphatic heterocycles. The molecule has 1 aromatic carbocycles. The first kappa shape index (κ1) is 22.0. The van der Waals surface area contributed by atoms with Crippen molar-refractivity contribution in [1.82, 2.24) is 24.3 Å². The van der Waals surface area contributed by atoms with Crippen LogP contribution in [0.3, 0.4) is 0 Å². The van der Waals surface area contributed by atoms with Crippen LogP contribution < -0.4 is 11.1 Å². The molecular formula is C27H25N7O2. The van der Waals surface area contributed by atoms with E-state index in [9.17, 15) is 9.59 Å². The van der Waals surface area contributed by atoms with E-state index in [0.29, 0.717) is 35.0 Å². The van der Waals surface area contributed by atoms with Crippen LogP contribution in [0.2, 0.25) is 0 Å². The quantitative estimate of drug-likeness (QED) is 0.420. The second kappa shape index (κ2) is 8.30. The number of hydrogen-bond acceptors (Lipinski definition) is 6. The molecule has 6 rings (SSSR count). The summed E-state index contributed by atoms with van der Waals surface area (Å²) in [5.41, 5.74) is 9.13. The molecular weight excluding hydrogens is 454 g/mol. The molecule has 1 aliphatic carbocycles. The molecule has 4 aromatic rings. The van der Waals surface area contributed by atoms with Crippen molar-refractivity contribution in [3.8, 4) is 11.3 Å². The number of nitrogens with zero attached hydrogens (tertiary/aromatic N) is 5. The van der Waals surface area contributed by atoms with Gasteiger partial charge in [-0.25, -0.2) is 15.0 Å². The lowest BCUT2D eigenvalue weighted by molar-refractivity contribution is -0.127. The van der Waals surface area contributed by atoms with E-state index in [1.54, 1.807) is 36.7 Å². The summed E-state index contributed by atoms with van der Waals surface area (Å²) in [6, 6.07) is 12.3. The number of rotatable bonds is 5. The van der Waals surface area contributed by atoms with Gasteiger partial charge in [0.15, 0.2) is 0 Å². The summed E-state index contributed by atoms with van der Waals surface area (Å²) in [7, 11) is 0. The smallest absolute Gasteiger partial charge is 0.256 e. The number of carbonyl (C=O) groups is 2. The molecule has 1 saturated carbocycles. The van der Waals surface area contributed by atoms with Gasteiger partial charge in [-0.1, -0.05) is 24.8 Å². The third-order valence-corrected chi connectivity index (χ3v) is 7.16. The molecule has 4 heterocycles. The molecule has 9 nitrogen and oxygen atoms in total. The zero-order valence-electron chi connectivity index (χ0n) is 19.6. The molecule has 2 aliphatic rings. The number of amides is 2. The Morgan fingerprint density at radius 2 is 1.92 bits per heavy atom. The molecule has 36 heavy (non-hydrogen) atoms. The van der Waals surface area contributed by atoms with Gasteiger partial charge in [-0.3, -0.25) is 14.0 Å². The number of hydrogen-bond donors (Lipinski definition) is 2. The molecule has 1 saturated heterocycles. The molecule has 3 N–H and O–H groups in total. The van der Waals surface area contributed by atoms with Crippen molar-refractivity contribution in [3.05, 3.63) is 85.1 Å². The number of benzene rings is 1. The van der Waals surface area contributed by atoms with Gasteiger partial charge >= 0.3 is 0 Å². The lowest BCUT2D eigenvalue weighted by atomic mass is 10.0. The monoisotopic (exact) mass is 479 g/mol. The molecule has 2 amide bonds. The number of nitrogens with one attached hydrogen (secondary N) is 1. The Kier molecular flexibility index (Phi) is 5.06. The summed E-state index contributed by atoms with van der Waals surface area (Å²) < 4.78 is 1.94. The second-order valence-corrected chi connectivity index (χ2v) is 9.49. The van der Waals surface area contributed by atoms with Gasteiger partial charge in [-0.05, 0) is 55.0 Å². The summed E-state index contributed by atoms with van der Waals surface area (Å²) >= 11 is 0. The lowest BCUT2D eigenvalue weighted by Crippen LogP contribution is -2.30. The molecule has 0 bridgehead atoms. The Bertz CT molecular complexity index is 1490. The van der Waals surface area contributed by atoms with Crippen molar-refractivity contribution in [2.75, 3.05) is 17.6 Å². The van der Waals surface area contributed by atoms with Crippen molar-refractivity contribution in [2.45, 2.75) is 25.3 Å². The first-order chi connectivity index (χ1) is 17.5. The Labute approximate surface area is 207 Å². The van der Waals surface area contributed by atoms with Gasteiger partial charge < -0.3 is 16.0 Å². The van der Waals surface area contributed by atoms with E-state index in [2.05, 4.69) is 21.9 Å². The highest BCUT2D eigenvalue weighted by Crippen LogP contribution is 2.58.